The number of ether oxygens (including phenoxy) is 1. The molecule has 0 saturated heterocycles. The molecule has 0 saturated carbocycles. The molecule has 22 heavy (non-hydrogen) atoms. The molecule has 1 heterocycles. The second-order valence-electron chi connectivity index (χ2n) is 4.95. The maximum absolute atomic E-state index is 13.7. The normalized spacial score (nSPS) is 12.2. The third-order valence-corrected chi connectivity index (χ3v) is 4.42. The average molecular weight is 349 g/mol. The van der Waals surface area contributed by atoms with Crippen LogP contribution in [-0.4, -0.2) is 20.7 Å². The number of nitrogens with one attached hydrogen (secondary N) is 1. The Bertz CT molecular complexity index is 784. The van der Waals surface area contributed by atoms with Crippen LogP contribution in [0.3, 0.4) is 0 Å². The largest absolute Gasteiger partial charge is 0.495 e. The van der Waals surface area contributed by atoms with E-state index < -0.39 is 15.7 Å². The summed E-state index contributed by atoms with van der Waals surface area (Å²) in [6.07, 6.45) is 0. The van der Waals surface area contributed by atoms with Crippen molar-refractivity contribution >= 4 is 27.4 Å². The van der Waals surface area contributed by atoms with E-state index in [-0.39, 0.29) is 21.5 Å². The first kappa shape index (κ1) is 16.6. The van der Waals surface area contributed by atoms with Crippen LogP contribution in [-0.2, 0) is 15.7 Å². The van der Waals surface area contributed by atoms with Crippen LogP contribution in [0.15, 0.2) is 33.7 Å². The van der Waals surface area contributed by atoms with Gasteiger partial charge in [0.2, 0.25) is 0 Å². The summed E-state index contributed by atoms with van der Waals surface area (Å²) in [6, 6.07) is 5.18. The summed E-state index contributed by atoms with van der Waals surface area (Å²) in [5, 5.41) is 3.64. The first-order chi connectivity index (χ1) is 10.1. The minimum Gasteiger partial charge on any atom is -0.495 e. The van der Waals surface area contributed by atoms with Crippen molar-refractivity contribution in [2.24, 2.45) is 0 Å². The van der Waals surface area contributed by atoms with Crippen molar-refractivity contribution in [1.29, 1.82) is 0 Å². The standard InChI is InChI=1S/C13H14ClFN2O4S/c1-13(2,15)11-7-12(16-21-11)17-22(18,19)8-4-5-10(20-3)9(14)6-8/h4-7H,1-3H3,(H,16,17). The highest BCUT2D eigenvalue weighted by Gasteiger charge is 2.26. The minimum absolute atomic E-state index is 0.0811. The Morgan fingerprint density at radius 1 is 1.36 bits per heavy atom. The van der Waals surface area contributed by atoms with Gasteiger partial charge in [0.15, 0.2) is 17.2 Å². The topological polar surface area (TPSA) is 81.4 Å². The predicted molar refractivity (Wildman–Crippen MR) is 79.4 cm³/mol. The zero-order valence-electron chi connectivity index (χ0n) is 12.1. The number of halogens is 2. The Balaban J connectivity index is 2.28. The fraction of sp³-hybridized carbons (Fsp3) is 0.308. The average Bonchev–Trinajstić information content (AvgIpc) is 2.86. The summed E-state index contributed by atoms with van der Waals surface area (Å²) in [6.45, 7) is 2.55. The van der Waals surface area contributed by atoms with Gasteiger partial charge in [-0.2, -0.15) is 0 Å². The van der Waals surface area contributed by atoms with Gasteiger partial charge in [0, 0.05) is 6.07 Å². The number of rotatable bonds is 5. The second-order valence-corrected chi connectivity index (χ2v) is 7.04. The second kappa shape index (κ2) is 5.77. The lowest BCUT2D eigenvalue weighted by Gasteiger charge is -2.08. The third kappa shape index (κ3) is 3.50. The molecule has 2 rings (SSSR count). The predicted octanol–water partition coefficient (Wildman–Crippen LogP) is 3.34. The first-order valence-electron chi connectivity index (χ1n) is 6.16. The number of sulfonamides is 1. The van der Waals surface area contributed by atoms with Crippen molar-refractivity contribution in [3.63, 3.8) is 0 Å². The lowest BCUT2D eigenvalue weighted by atomic mass is 10.1. The van der Waals surface area contributed by atoms with Crippen LogP contribution >= 0.6 is 11.6 Å². The van der Waals surface area contributed by atoms with E-state index in [0.717, 1.165) is 0 Å². The zero-order valence-corrected chi connectivity index (χ0v) is 13.6. The fourth-order valence-electron chi connectivity index (χ4n) is 1.61. The van der Waals surface area contributed by atoms with Gasteiger partial charge in [0.1, 0.15) is 5.75 Å². The molecule has 1 aromatic carbocycles. The molecule has 0 spiro atoms. The quantitative estimate of drug-likeness (QED) is 0.896. The van der Waals surface area contributed by atoms with Crippen molar-refractivity contribution in [3.05, 3.63) is 35.0 Å². The van der Waals surface area contributed by atoms with Crippen LogP contribution in [0.5, 0.6) is 5.75 Å². The lowest BCUT2D eigenvalue weighted by molar-refractivity contribution is 0.163. The van der Waals surface area contributed by atoms with Gasteiger partial charge in [-0.05, 0) is 32.0 Å². The van der Waals surface area contributed by atoms with Crippen molar-refractivity contribution in [1.82, 2.24) is 5.16 Å². The molecule has 120 valence electrons. The molecular formula is C13H14ClFN2O4S. The number of benzene rings is 1. The molecule has 0 bridgehead atoms. The summed E-state index contributed by atoms with van der Waals surface area (Å²) < 4.78 is 50.1. The molecule has 6 nitrogen and oxygen atoms in total. The maximum Gasteiger partial charge on any atom is 0.263 e. The van der Waals surface area contributed by atoms with Crippen molar-refractivity contribution in [2.45, 2.75) is 24.4 Å². The Labute approximate surface area is 132 Å². The smallest absolute Gasteiger partial charge is 0.263 e. The van der Waals surface area contributed by atoms with E-state index in [0.29, 0.717) is 5.75 Å². The summed E-state index contributed by atoms with van der Waals surface area (Å²) in [5.41, 5.74) is -1.76. The molecule has 2 aromatic rings. The van der Waals surface area contributed by atoms with E-state index >= 15 is 0 Å². The zero-order chi connectivity index (χ0) is 16.5. The summed E-state index contributed by atoms with van der Waals surface area (Å²) in [5.74, 6) is 0.147. The van der Waals surface area contributed by atoms with Crippen LogP contribution in [0.4, 0.5) is 10.2 Å². The van der Waals surface area contributed by atoms with Crippen LogP contribution in [0.2, 0.25) is 5.02 Å². The number of hydrogen-bond acceptors (Lipinski definition) is 5. The maximum atomic E-state index is 13.7. The number of alkyl halides is 1. The van der Waals surface area contributed by atoms with Crippen LogP contribution in [0.25, 0.3) is 0 Å². The van der Waals surface area contributed by atoms with E-state index in [2.05, 4.69) is 9.88 Å². The molecule has 0 aliphatic heterocycles. The molecule has 0 unspecified atom stereocenters. The van der Waals surface area contributed by atoms with E-state index in [9.17, 15) is 12.8 Å². The molecule has 0 fully saturated rings. The van der Waals surface area contributed by atoms with Crippen molar-refractivity contribution in [3.8, 4) is 5.75 Å². The molecule has 0 aliphatic carbocycles. The highest BCUT2D eigenvalue weighted by molar-refractivity contribution is 7.92. The third-order valence-electron chi connectivity index (χ3n) is 2.77. The number of aromatic nitrogens is 1. The Kier molecular flexibility index (Phi) is 4.35. The molecule has 9 heteroatoms. The Morgan fingerprint density at radius 3 is 2.55 bits per heavy atom. The molecule has 0 amide bonds. The van der Waals surface area contributed by atoms with Crippen molar-refractivity contribution in [2.75, 3.05) is 11.8 Å². The molecule has 1 N–H and O–H groups in total. The highest BCUT2D eigenvalue weighted by Crippen LogP contribution is 2.29. The molecule has 0 radical (unpaired) electrons. The summed E-state index contributed by atoms with van der Waals surface area (Å²) >= 11 is 5.90. The lowest BCUT2D eigenvalue weighted by Crippen LogP contribution is -2.13. The van der Waals surface area contributed by atoms with Gasteiger partial charge in [-0.1, -0.05) is 16.8 Å². The number of methoxy groups -OCH3 is 1. The Hall–Kier alpha value is -1.80. The highest BCUT2D eigenvalue weighted by atomic mass is 35.5. The van der Waals surface area contributed by atoms with E-state index in [4.69, 9.17) is 20.9 Å². The van der Waals surface area contributed by atoms with Gasteiger partial charge in [-0.3, -0.25) is 4.72 Å². The van der Waals surface area contributed by atoms with Gasteiger partial charge in [-0.25, -0.2) is 12.8 Å². The van der Waals surface area contributed by atoms with Gasteiger partial charge in [0.25, 0.3) is 10.0 Å². The molecular weight excluding hydrogens is 335 g/mol. The Morgan fingerprint density at radius 2 is 2.05 bits per heavy atom. The molecule has 1 aromatic heterocycles. The SMILES string of the molecule is COc1ccc(S(=O)(=O)Nc2cc(C(C)(C)F)on2)cc1Cl. The van der Waals surface area contributed by atoms with E-state index in [1.54, 1.807) is 0 Å². The van der Waals surface area contributed by atoms with Gasteiger partial charge >= 0.3 is 0 Å². The molecule has 0 atom stereocenters. The van der Waals surface area contributed by atoms with Crippen molar-refractivity contribution < 1.29 is 22.1 Å². The minimum atomic E-state index is -3.93. The monoisotopic (exact) mass is 348 g/mol. The summed E-state index contributed by atoms with van der Waals surface area (Å²) in [4.78, 5) is -0.0811. The fourth-order valence-corrected chi connectivity index (χ4v) is 2.95. The van der Waals surface area contributed by atoms with Gasteiger partial charge in [-0.15, -0.1) is 0 Å². The van der Waals surface area contributed by atoms with Gasteiger partial charge < -0.3 is 9.26 Å². The number of anilines is 1. The summed E-state index contributed by atoms with van der Waals surface area (Å²) in [7, 11) is -2.51. The first-order valence-corrected chi connectivity index (χ1v) is 8.02. The van der Waals surface area contributed by atoms with Crippen LogP contribution in [0, 0.1) is 0 Å². The van der Waals surface area contributed by atoms with E-state index in [1.807, 2.05) is 0 Å². The van der Waals surface area contributed by atoms with Crippen LogP contribution in [0.1, 0.15) is 19.6 Å². The van der Waals surface area contributed by atoms with E-state index in [1.165, 1.54) is 45.2 Å². The van der Waals surface area contributed by atoms with Gasteiger partial charge in [0.05, 0.1) is 17.0 Å². The number of hydrogen-bond donors (Lipinski definition) is 1. The molecule has 0 aliphatic rings. The number of nitrogens with zero attached hydrogens (tertiary/aromatic N) is 1. The van der Waals surface area contributed by atoms with Crippen LogP contribution < -0.4 is 9.46 Å².